The molecule has 0 bridgehead atoms. The summed E-state index contributed by atoms with van der Waals surface area (Å²) in [5, 5.41) is 10.2. The van der Waals surface area contributed by atoms with Gasteiger partial charge in [-0.25, -0.2) is 9.78 Å². The number of aliphatic carboxylic acids is 1. The summed E-state index contributed by atoms with van der Waals surface area (Å²) in [4.78, 5) is 28.3. The maximum absolute atomic E-state index is 12.4. The molecule has 0 fully saturated rings. The summed E-state index contributed by atoms with van der Waals surface area (Å²) in [6, 6.07) is 27.9. The largest absolute Gasteiger partial charge is 0.489 e. The molecule has 5 heteroatoms. The lowest BCUT2D eigenvalue weighted by atomic mass is 10.0. The quantitative estimate of drug-likeness (QED) is 0.343. The Bertz CT molecular complexity index is 1260. The van der Waals surface area contributed by atoms with Crippen molar-refractivity contribution >= 4 is 34.3 Å². The zero-order valence-corrected chi connectivity index (χ0v) is 16.6. The summed E-state index contributed by atoms with van der Waals surface area (Å²) in [6.07, 6.45) is 1.54. The number of benzene rings is 3. The van der Waals surface area contributed by atoms with Crippen molar-refractivity contribution in [1.82, 2.24) is 4.98 Å². The predicted molar refractivity (Wildman–Crippen MR) is 119 cm³/mol. The van der Waals surface area contributed by atoms with Crippen LogP contribution in [0.15, 0.2) is 91.0 Å². The van der Waals surface area contributed by atoms with Gasteiger partial charge in [-0.05, 0) is 41.5 Å². The molecule has 0 unspecified atom stereocenters. The average molecular weight is 409 g/mol. The molecule has 0 aliphatic carbocycles. The van der Waals surface area contributed by atoms with E-state index in [4.69, 9.17) is 4.74 Å². The van der Waals surface area contributed by atoms with Gasteiger partial charge in [-0.15, -0.1) is 0 Å². The van der Waals surface area contributed by atoms with E-state index in [1.165, 1.54) is 6.08 Å². The Balaban J connectivity index is 1.61. The van der Waals surface area contributed by atoms with Crippen molar-refractivity contribution < 1.29 is 19.4 Å². The van der Waals surface area contributed by atoms with Crippen molar-refractivity contribution in [1.29, 1.82) is 0 Å². The fraction of sp³-hybridized carbons (Fsp3) is 0.0385. The monoisotopic (exact) mass is 409 g/mol. The second-order valence-corrected chi connectivity index (χ2v) is 6.92. The van der Waals surface area contributed by atoms with Crippen LogP contribution >= 0.6 is 0 Å². The Kier molecular flexibility index (Phi) is 5.85. The van der Waals surface area contributed by atoms with E-state index >= 15 is 0 Å². The number of hydrogen-bond acceptors (Lipinski definition) is 4. The van der Waals surface area contributed by atoms with Crippen molar-refractivity contribution in [3.63, 3.8) is 0 Å². The van der Waals surface area contributed by atoms with E-state index in [0.29, 0.717) is 29.1 Å². The highest BCUT2D eigenvalue weighted by molar-refractivity contribution is 6.52. The lowest BCUT2D eigenvalue weighted by molar-refractivity contribution is -0.146. The molecule has 5 nitrogen and oxygen atoms in total. The molecule has 152 valence electrons. The Morgan fingerprint density at radius 2 is 1.55 bits per heavy atom. The van der Waals surface area contributed by atoms with Gasteiger partial charge in [0.05, 0.1) is 16.8 Å². The van der Waals surface area contributed by atoms with Gasteiger partial charge in [-0.1, -0.05) is 66.7 Å². The number of rotatable bonds is 7. The first-order valence-corrected chi connectivity index (χ1v) is 9.72. The SMILES string of the molecule is O=C(O)C(=O)C(=Cc1ccc(OCc2ccccc2)cc1)c1ccc2ccccc2n1. The molecule has 0 radical (unpaired) electrons. The lowest BCUT2D eigenvalue weighted by Crippen LogP contribution is -2.15. The Morgan fingerprint density at radius 1 is 0.839 bits per heavy atom. The first-order chi connectivity index (χ1) is 15.1. The molecule has 0 spiro atoms. The van der Waals surface area contributed by atoms with Crippen LogP contribution < -0.4 is 4.74 Å². The van der Waals surface area contributed by atoms with Crippen LogP contribution in [0.5, 0.6) is 5.75 Å². The number of fused-ring (bicyclic) bond motifs is 1. The van der Waals surface area contributed by atoms with Gasteiger partial charge in [-0.3, -0.25) is 4.79 Å². The number of carboxylic acids is 1. The predicted octanol–water partition coefficient (Wildman–Crippen LogP) is 5.01. The van der Waals surface area contributed by atoms with Gasteiger partial charge in [-0.2, -0.15) is 0 Å². The molecule has 0 amide bonds. The summed E-state index contributed by atoms with van der Waals surface area (Å²) in [5.41, 5.74) is 2.76. The summed E-state index contributed by atoms with van der Waals surface area (Å²) >= 11 is 0. The molecular weight excluding hydrogens is 390 g/mol. The Morgan fingerprint density at radius 3 is 2.29 bits per heavy atom. The number of Topliss-reactive ketones (excluding diaryl/α,β-unsaturated/α-hetero) is 1. The normalized spacial score (nSPS) is 11.3. The summed E-state index contributed by atoms with van der Waals surface area (Å²) in [6.45, 7) is 0.444. The Labute approximate surface area is 179 Å². The first kappa shape index (κ1) is 20.0. The zero-order chi connectivity index (χ0) is 21.6. The molecule has 0 aliphatic heterocycles. The fourth-order valence-corrected chi connectivity index (χ4v) is 3.15. The molecule has 0 aliphatic rings. The van der Waals surface area contributed by atoms with Crippen LogP contribution in [0.2, 0.25) is 0 Å². The standard InChI is InChI=1S/C26H19NO4/c28-25(26(29)30)22(24-15-12-20-8-4-5-9-23(20)27-24)16-18-10-13-21(14-11-18)31-17-19-6-2-1-3-7-19/h1-16H,17H2,(H,29,30). The summed E-state index contributed by atoms with van der Waals surface area (Å²) < 4.78 is 5.78. The molecular formula is C26H19NO4. The van der Waals surface area contributed by atoms with Crippen LogP contribution in [0, 0.1) is 0 Å². The van der Waals surface area contributed by atoms with E-state index in [1.54, 1.807) is 30.3 Å². The number of ketones is 1. The average Bonchev–Trinajstić information content (AvgIpc) is 2.82. The molecule has 4 rings (SSSR count). The van der Waals surface area contributed by atoms with Gasteiger partial charge < -0.3 is 9.84 Å². The molecule has 31 heavy (non-hydrogen) atoms. The minimum absolute atomic E-state index is 0.0243. The van der Waals surface area contributed by atoms with Crippen molar-refractivity contribution in [3.05, 3.63) is 108 Å². The van der Waals surface area contributed by atoms with Gasteiger partial charge in [0.15, 0.2) is 0 Å². The number of pyridine rings is 1. The third-order valence-electron chi connectivity index (χ3n) is 4.75. The van der Waals surface area contributed by atoms with Gasteiger partial charge in [0, 0.05) is 5.39 Å². The van der Waals surface area contributed by atoms with Gasteiger partial charge >= 0.3 is 5.97 Å². The van der Waals surface area contributed by atoms with Crippen molar-refractivity contribution in [2.45, 2.75) is 6.61 Å². The molecule has 1 aromatic heterocycles. The number of carboxylic acid groups (broad SMARTS) is 1. The number of carbonyl (C=O) groups is 2. The highest BCUT2D eigenvalue weighted by Gasteiger charge is 2.21. The van der Waals surface area contributed by atoms with Crippen molar-refractivity contribution in [3.8, 4) is 5.75 Å². The number of hydrogen-bond donors (Lipinski definition) is 1. The van der Waals surface area contributed by atoms with E-state index in [0.717, 1.165) is 10.9 Å². The van der Waals surface area contributed by atoms with Crippen LogP contribution in [-0.2, 0) is 16.2 Å². The molecule has 4 aromatic rings. The molecule has 0 atom stereocenters. The molecule has 1 heterocycles. The van der Waals surface area contributed by atoms with Crippen molar-refractivity contribution in [2.75, 3.05) is 0 Å². The zero-order valence-electron chi connectivity index (χ0n) is 16.6. The van der Waals surface area contributed by atoms with Crippen LogP contribution in [0.25, 0.3) is 22.6 Å². The van der Waals surface area contributed by atoms with E-state index in [2.05, 4.69) is 4.98 Å². The van der Waals surface area contributed by atoms with E-state index in [1.807, 2.05) is 60.7 Å². The molecule has 0 saturated carbocycles. The topological polar surface area (TPSA) is 76.5 Å². The smallest absolute Gasteiger partial charge is 0.377 e. The second-order valence-electron chi connectivity index (χ2n) is 6.92. The number of para-hydroxylation sites is 1. The van der Waals surface area contributed by atoms with E-state index in [-0.39, 0.29) is 5.57 Å². The highest BCUT2D eigenvalue weighted by atomic mass is 16.5. The number of aromatic nitrogens is 1. The third-order valence-corrected chi connectivity index (χ3v) is 4.75. The minimum Gasteiger partial charge on any atom is -0.489 e. The molecule has 3 aromatic carbocycles. The second kappa shape index (κ2) is 9.05. The molecule has 0 saturated heterocycles. The maximum atomic E-state index is 12.4. The number of carbonyl (C=O) groups excluding carboxylic acids is 1. The Hall–Kier alpha value is -4.25. The van der Waals surface area contributed by atoms with Gasteiger partial charge in [0.1, 0.15) is 12.4 Å². The lowest BCUT2D eigenvalue weighted by Gasteiger charge is -2.08. The summed E-state index contributed by atoms with van der Waals surface area (Å²) in [5.74, 6) is -1.85. The van der Waals surface area contributed by atoms with E-state index < -0.39 is 11.8 Å². The minimum atomic E-state index is -1.52. The molecule has 1 N–H and O–H groups in total. The maximum Gasteiger partial charge on any atom is 0.377 e. The van der Waals surface area contributed by atoms with Gasteiger partial charge in [0.2, 0.25) is 0 Å². The van der Waals surface area contributed by atoms with Crippen LogP contribution in [0.3, 0.4) is 0 Å². The third kappa shape index (κ3) is 4.85. The van der Waals surface area contributed by atoms with E-state index in [9.17, 15) is 14.7 Å². The van der Waals surface area contributed by atoms with Gasteiger partial charge in [0.25, 0.3) is 5.78 Å². The number of ether oxygens (including phenoxy) is 1. The summed E-state index contributed by atoms with van der Waals surface area (Å²) in [7, 11) is 0. The van der Waals surface area contributed by atoms with Crippen LogP contribution in [0.4, 0.5) is 0 Å². The van der Waals surface area contributed by atoms with Crippen LogP contribution in [0.1, 0.15) is 16.8 Å². The highest BCUT2D eigenvalue weighted by Crippen LogP contribution is 2.23. The van der Waals surface area contributed by atoms with Crippen molar-refractivity contribution in [2.24, 2.45) is 0 Å². The number of nitrogens with zero attached hydrogens (tertiary/aromatic N) is 1. The van der Waals surface area contributed by atoms with Crippen LogP contribution in [-0.4, -0.2) is 21.8 Å². The fourth-order valence-electron chi connectivity index (χ4n) is 3.15. The first-order valence-electron chi connectivity index (χ1n) is 9.72.